The highest BCUT2D eigenvalue weighted by molar-refractivity contribution is 5.88. The van der Waals surface area contributed by atoms with Gasteiger partial charge in [-0.1, -0.05) is 0 Å². The number of benzene rings is 2. The van der Waals surface area contributed by atoms with E-state index in [0.717, 1.165) is 36.7 Å². The molecule has 0 aliphatic carbocycles. The quantitative estimate of drug-likeness (QED) is 0.598. The van der Waals surface area contributed by atoms with Crippen molar-refractivity contribution < 1.29 is 28.9 Å². The Balaban J connectivity index is 1.58. The molecule has 2 aromatic carbocycles. The summed E-state index contributed by atoms with van der Waals surface area (Å²) in [6.45, 7) is 2.33. The number of aromatic hydroxyl groups is 1. The first kappa shape index (κ1) is 23.4. The van der Waals surface area contributed by atoms with E-state index in [1.807, 2.05) is 18.2 Å². The summed E-state index contributed by atoms with van der Waals surface area (Å²) in [6, 6.07) is 10.5. The number of carbonyl (C=O) groups is 2. The molecule has 0 atom stereocenters. The largest absolute Gasteiger partial charge is 0.508 e. The topological polar surface area (TPSA) is 88.5 Å². The van der Waals surface area contributed by atoms with Crippen LogP contribution in [0.5, 0.6) is 23.0 Å². The first-order chi connectivity index (χ1) is 15.4. The lowest BCUT2D eigenvalue weighted by atomic mass is 9.94. The van der Waals surface area contributed by atoms with Crippen molar-refractivity contribution in [2.45, 2.75) is 25.9 Å². The first-order valence-electron chi connectivity index (χ1n) is 10.5. The smallest absolute Gasteiger partial charge is 0.232 e. The highest BCUT2D eigenvalue weighted by Crippen LogP contribution is 2.27. The Bertz CT molecular complexity index is 918. The number of ether oxygens (including phenoxy) is 3. The molecular weight excluding hydrogens is 412 g/mol. The van der Waals surface area contributed by atoms with Crippen LogP contribution in [-0.4, -0.2) is 61.6 Å². The molecule has 3 rings (SSSR count). The molecule has 32 heavy (non-hydrogen) atoms. The van der Waals surface area contributed by atoms with Gasteiger partial charge in [0.1, 0.15) is 23.0 Å². The van der Waals surface area contributed by atoms with Gasteiger partial charge in [-0.3, -0.25) is 19.4 Å². The molecule has 2 aromatic rings. The molecule has 1 aliphatic rings. The molecule has 172 valence electrons. The number of hydrogen-bond acceptors (Lipinski definition) is 7. The Morgan fingerprint density at radius 1 is 0.969 bits per heavy atom. The number of imide groups is 1. The van der Waals surface area contributed by atoms with Gasteiger partial charge in [0, 0.05) is 24.6 Å². The molecule has 1 fully saturated rings. The molecule has 1 N–H and O–H groups in total. The molecule has 1 aliphatic heterocycles. The third-order valence-electron chi connectivity index (χ3n) is 5.70. The molecule has 8 heteroatoms. The Kier molecular flexibility index (Phi) is 7.94. The second-order valence-corrected chi connectivity index (χ2v) is 7.88. The maximum atomic E-state index is 13.0. The van der Waals surface area contributed by atoms with E-state index in [-0.39, 0.29) is 24.1 Å². The van der Waals surface area contributed by atoms with Crippen molar-refractivity contribution in [3.63, 3.8) is 0 Å². The van der Waals surface area contributed by atoms with E-state index < -0.39 is 0 Å². The SMILES string of the molecule is COc1cc(O)cc(CN(C=O)C(=O)C2CCN(Cc3cc(OC)cc(OC)c3)CC2)c1. The highest BCUT2D eigenvalue weighted by Gasteiger charge is 2.29. The molecular formula is C24H30N2O6. The maximum absolute atomic E-state index is 13.0. The molecule has 0 bridgehead atoms. The van der Waals surface area contributed by atoms with Crippen LogP contribution in [0.15, 0.2) is 36.4 Å². The molecule has 8 nitrogen and oxygen atoms in total. The number of carbonyl (C=O) groups excluding carboxylic acids is 2. The lowest BCUT2D eigenvalue weighted by Gasteiger charge is -2.33. The second kappa shape index (κ2) is 10.9. The Labute approximate surface area is 188 Å². The zero-order valence-electron chi connectivity index (χ0n) is 18.7. The Morgan fingerprint density at radius 3 is 2.09 bits per heavy atom. The van der Waals surface area contributed by atoms with E-state index in [1.54, 1.807) is 20.3 Å². The number of hydrogen-bond donors (Lipinski definition) is 1. The monoisotopic (exact) mass is 442 g/mol. The lowest BCUT2D eigenvalue weighted by molar-refractivity contribution is -0.143. The minimum Gasteiger partial charge on any atom is -0.508 e. The highest BCUT2D eigenvalue weighted by atomic mass is 16.5. The number of amides is 2. The predicted octanol–water partition coefficient (Wildman–Crippen LogP) is 2.82. The summed E-state index contributed by atoms with van der Waals surface area (Å²) in [5.41, 5.74) is 1.71. The van der Waals surface area contributed by atoms with Gasteiger partial charge < -0.3 is 19.3 Å². The molecule has 1 saturated heterocycles. The number of methoxy groups -OCH3 is 3. The fourth-order valence-corrected chi connectivity index (χ4v) is 4.00. The van der Waals surface area contributed by atoms with Crippen LogP contribution >= 0.6 is 0 Å². The van der Waals surface area contributed by atoms with Crippen LogP contribution in [0.4, 0.5) is 0 Å². The van der Waals surface area contributed by atoms with Crippen molar-refractivity contribution in [3.05, 3.63) is 47.5 Å². The fraction of sp³-hybridized carbons (Fsp3) is 0.417. The van der Waals surface area contributed by atoms with Crippen molar-refractivity contribution in [3.8, 4) is 23.0 Å². The first-order valence-corrected chi connectivity index (χ1v) is 10.5. The summed E-state index contributed by atoms with van der Waals surface area (Å²) in [5.74, 6) is 1.59. The maximum Gasteiger partial charge on any atom is 0.232 e. The van der Waals surface area contributed by atoms with Crippen LogP contribution in [0.2, 0.25) is 0 Å². The van der Waals surface area contributed by atoms with E-state index >= 15 is 0 Å². The number of nitrogens with zero attached hydrogens (tertiary/aromatic N) is 2. The zero-order chi connectivity index (χ0) is 23.1. The summed E-state index contributed by atoms with van der Waals surface area (Å²) in [4.78, 5) is 28.1. The number of phenolic OH excluding ortho intramolecular Hbond substituents is 1. The summed E-state index contributed by atoms with van der Waals surface area (Å²) in [5, 5.41) is 9.82. The van der Waals surface area contributed by atoms with Gasteiger partial charge in [0.05, 0.1) is 27.9 Å². The average molecular weight is 443 g/mol. The summed E-state index contributed by atoms with van der Waals surface area (Å²) < 4.78 is 15.8. The molecule has 0 aromatic heterocycles. The average Bonchev–Trinajstić information content (AvgIpc) is 2.81. The minimum absolute atomic E-state index is 0.0279. The van der Waals surface area contributed by atoms with Crippen molar-refractivity contribution in [1.82, 2.24) is 9.80 Å². The third kappa shape index (κ3) is 5.91. The van der Waals surface area contributed by atoms with Crippen molar-refractivity contribution in [2.75, 3.05) is 34.4 Å². The van der Waals surface area contributed by atoms with E-state index in [1.165, 1.54) is 24.1 Å². The summed E-state index contributed by atoms with van der Waals surface area (Å²) >= 11 is 0. The van der Waals surface area contributed by atoms with Gasteiger partial charge in [-0.15, -0.1) is 0 Å². The zero-order valence-corrected chi connectivity index (χ0v) is 18.7. The number of likely N-dealkylation sites (tertiary alicyclic amines) is 1. The Hall–Kier alpha value is -3.26. The van der Waals surface area contributed by atoms with E-state index in [4.69, 9.17) is 14.2 Å². The van der Waals surface area contributed by atoms with Crippen LogP contribution < -0.4 is 14.2 Å². The normalized spacial score (nSPS) is 14.6. The predicted molar refractivity (Wildman–Crippen MR) is 119 cm³/mol. The second-order valence-electron chi connectivity index (χ2n) is 7.88. The van der Waals surface area contributed by atoms with E-state index in [9.17, 15) is 14.7 Å². The van der Waals surface area contributed by atoms with Gasteiger partial charge in [-0.05, 0) is 61.3 Å². The van der Waals surface area contributed by atoms with E-state index in [2.05, 4.69) is 4.90 Å². The van der Waals surface area contributed by atoms with Crippen LogP contribution in [0.25, 0.3) is 0 Å². The summed E-state index contributed by atoms with van der Waals surface area (Å²) in [6.07, 6.45) is 1.91. The molecule has 0 radical (unpaired) electrons. The van der Waals surface area contributed by atoms with Crippen LogP contribution in [0.1, 0.15) is 24.0 Å². The molecule has 2 amide bonds. The van der Waals surface area contributed by atoms with Crippen molar-refractivity contribution >= 4 is 12.3 Å². The van der Waals surface area contributed by atoms with Crippen LogP contribution in [0, 0.1) is 5.92 Å². The van der Waals surface area contributed by atoms with Gasteiger partial charge in [0.2, 0.25) is 12.3 Å². The van der Waals surface area contributed by atoms with Gasteiger partial charge in [0.15, 0.2) is 0 Å². The fourth-order valence-electron chi connectivity index (χ4n) is 4.00. The molecule has 0 spiro atoms. The van der Waals surface area contributed by atoms with E-state index in [0.29, 0.717) is 30.6 Å². The van der Waals surface area contributed by atoms with Gasteiger partial charge >= 0.3 is 0 Å². The number of phenols is 1. The van der Waals surface area contributed by atoms with Gasteiger partial charge in [-0.25, -0.2) is 0 Å². The van der Waals surface area contributed by atoms with Crippen LogP contribution in [0.3, 0.4) is 0 Å². The summed E-state index contributed by atoms with van der Waals surface area (Å²) in [7, 11) is 4.75. The third-order valence-corrected chi connectivity index (χ3v) is 5.70. The molecule has 0 unspecified atom stereocenters. The van der Waals surface area contributed by atoms with Crippen molar-refractivity contribution in [2.24, 2.45) is 5.92 Å². The molecule has 0 saturated carbocycles. The van der Waals surface area contributed by atoms with Gasteiger partial charge in [-0.2, -0.15) is 0 Å². The standard InChI is InChI=1S/C24H30N2O6/c1-30-21-9-17(8-20(28)12-21)15-26(16-27)24(29)19-4-6-25(7-5-19)14-18-10-22(31-2)13-23(11-18)32-3/h8-13,16,19,28H,4-7,14-15H2,1-3H3. The number of piperidine rings is 1. The lowest BCUT2D eigenvalue weighted by Crippen LogP contribution is -2.41. The number of rotatable bonds is 9. The van der Waals surface area contributed by atoms with Crippen LogP contribution in [-0.2, 0) is 22.7 Å². The van der Waals surface area contributed by atoms with Gasteiger partial charge in [0.25, 0.3) is 0 Å². The molecule has 1 heterocycles. The minimum atomic E-state index is -0.212. The van der Waals surface area contributed by atoms with Crippen molar-refractivity contribution in [1.29, 1.82) is 0 Å². The Morgan fingerprint density at radius 2 is 1.53 bits per heavy atom.